The second-order valence-electron chi connectivity index (χ2n) is 3.95. The number of halogens is 1. The van der Waals surface area contributed by atoms with E-state index in [0.717, 1.165) is 12.2 Å². The van der Waals surface area contributed by atoms with Crippen molar-refractivity contribution in [1.82, 2.24) is 0 Å². The fourth-order valence-electron chi connectivity index (χ4n) is 1.44. The van der Waals surface area contributed by atoms with Gasteiger partial charge in [0.1, 0.15) is 5.75 Å². The summed E-state index contributed by atoms with van der Waals surface area (Å²) in [6.45, 7) is 4.51. The molecule has 1 rings (SSSR count). The largest absolute Gasteiger partial charge is 0.497 e. The lowest BCUT2D eigenvalue weighted by Crippen LogP contribution is -2.12. The third kappa shape index (κ3) is 3.86. The molecule has 0 heterocycles. The summed E-state index contributed by atoms with van der Waals surface area (Å²) in [7, 11) is 1.70. The maximum atomic E-state index is 5.13. The number of ether oxygens (including phenoxy) is 1. The average Bonchev–Trinajstić information content (AvgIpc) is 2.29. The first-order valence-electron chi connectivity index (χ1n) is 5.44. The first-order chi connectivity index (χ1) is 7.17. The maximum absolute atomic E-state index is 5.13. The van der Waals surface area contributed by atoms with Crippen molar-refractivity contribution in [2.75, 3.05) is 7.11 Å². The lowest BCUT2D eigenvalue weighted by Gasteiger charge is -2.16. The first kappa shape index (κ1) is 12.6. The van der Waals surface area contributed by atoms with Crippen LogP contribution in [-0.4, -0.2) is 11.9 Å². The molecule has 0 bridgehead atoms. The average molecular weight is 271 g/mol. The Morgan fingerprint density at radius 1 is 1.27 bits per heavy atom. The van der Waals surface area contributed by atoms with Gasteiger partial charge in [0.05, 0.1) is 7.11 Å². The van der Waals surface area contributed by atoms with Crippen molar-refractivity contribution in [3.63, 3.8) is 0 Å². The van der Waals surface area contributed by atoms with Gasteiger partial charge in [-0.1, -0.05) is 48.3 Å². The van der Waals surface area contributed by atoms with Gasteiger partial charge in [0.2, 0.25) is 0 Å². The van der Waals surface area contributed by atoms with Crippen LogP contribution in [0.1, 0.15) is 25.8 Å². The minimum absolute atomic E-state index is 0.566. The van der Waals surface area contributed by atoms with Crippen molar-refractivity contribution in [1.29, 1.82) is 0 Å². The van der Waals surface area contributed by atoms with Crippen LogP contribution in [0.15, 0.2) is 24.3 Å². The van der Waals surface area contributed by atoms with Gasteiger partial charge in [-0.25, -0.2) is 0 Å². The van der Waals surface area contributed by atoms with Gasteiger partial charge in [-0.3, -0.25) is 0 Å². The molecule has 0 fully saturated rings. The molecule has 1 nitrogen and oxygen atoms in total. The molecule has 0 radical (unpaired) electrons. The van der Waals surface area contributed by atoms with Crippen LogP contribution in [-0.2, 0) is 6.42 Å². The summed E-state index contributed by atoms with van der Waals surface area (Å²) in [6, 6.07) is 8.31. The molecule has 2 atom stereocenters. The van der Waals surface area contributed by atoms with Crippen molar-refractivity contribution in [3.05, 3.63) is 29.8 Å². The Morgan fingerprint density at radius 2 is 1.87 bits per heavy atom. The van der Waals surface area contributed by atoms with Gasteiger partial charge in [0.15, 0.2) is 0 Å². The van der Waals surface area contributed by atoms with E-state index in [1.807, 2.05) is 12.1 Å². The Balaban J connectivity index is 2.57. The van der Waals surface area contributed by atoms with Gasteiger partial charge in [0.25, 0.3) is 0 Å². The Morgan fingerprint density at radius 3 is 2.33 bits per heavy atom. The lowest BCUT2D eigenvalue weighted by molar-refractivity contribution is 0.414. The monoisotopic (exact) mass is 270 g/mol. The number of methoxy groups -OCH3 is 1. The van der Waals surface area contributed by atoms with Crippen LogP contribution in [0, 0.1) is 5.92 Å². The van der Waals surface area contributed by atoms with Crippen molar-refractivity contribution < 1.29 is 4.74 Å². The Kier molecular flexibility index (Phi) is 5.16. The maximum Gasteiger partial charge on any atom is 0.118 e. The van der Waals surface area contributed by atoms with E-state index < -0.39 is 0 Å². The molecule has 0 saturated carbocycles. The normalized spacial score (nSPS) is 14.7. The highest BCUT2D eigenvalue weighted by molar-refractivity contribution is 9.09. The van der Waals surface area contributed by atoms with Gasteiger partial charge >= 0.3 is 0 Å². The van der Waals surface area contributed by atoms with Crippen molar-refractivity contribution >= 4 is 15.9 Å². The molecule has 84 valence electrons. The number of alkyl halides is 1. The SMILES string of the molecule is CCC(C)C(Br)Cc1ccc(OC)cc1. The molecular weight excluding hydrogens is 252 g/mol. The quantitative estimate of drug-likeness (QED) is 0.734. The molecule has 15 heavy (non-hydrogen) atoms. The molecule has 0 saturated heterocycles. The number of benzene rings is 1. The van der Waals surface area contributed by atoms with Crippen LogP contribution < -0.4 is 4.74 Å². The predicted molar refractivity (Wildman–Crippen MR) is 68.9 cm³/mol. The summed E-state index contributed by atoms with van der Waals surface area (Å²) in [6.07, 6.45) is 2.30. The zero-order valence-electron chi connectivity index (χ0n) is 9.66. The molecule has 0 amide bonds. The summed E-state index contributed by atoms with van der Waals surface area (Å²) in [5.41, 5.74) is 1.36. The fourth-order valence-corrected chi connectivity index (χ4v) is 2.19. The molecule has 0 aliphatic heterocycles. The molecule has 0 spiro atoms. The van der Waals surface area contributed by atoms with Crippen LogP contribution in [0.4, 0.5) is 0 Å². The van der Waals surface area contributed by atoms with E-state index in [9.17, 15) is 0 Å². The molecule has 1 aromatic rings. The van der Waals surface area contributed by atoms with E-state index in [2.05, 4.69) is 41.9 Å². The summed E-state index contributed by atoms with van der Waals surface area (Å²) >= 11 is 3.74. The number of hydrogen-bond donors (Lipinski definition) is 0. The molecule has 2 heteroatoms. The summed E-state index contributed by atoms with van der Waals surface area (Å²) in [4.78, 5) is 0.566. The fraction of sp³-hybridized carbons (Fsp3) is 0.538. The standard InChI is InChI=1S/C13H19BrO/c1-4-10(2)13(14)9-11-5-7-12(15-3)8-6-11/h5-8,10,13H,4,9H2,1-3H3. The van der Waals surface area contributed by atoms with Crippen molar-refractivity contribution in [2.45, 2.75) is 31.5 Å². The van der Waals surface area contributed by atoms with E-state index in [1.165, 1.54) is 12.0 Å². The van der Waals surface area contributed by atoms with Gasteiger partial charge in [-0.2, -0.15) is 0 Å². The highest BCUT2D eigenvalue weighted by Crippen LogP contribution is 2.21. The van der Waals surface area contributed by atoms with Gasteiger partial charge in [0, 0.05) is 4.83 Å². The third-order valence-electron chi connectivity index (χ3n) is 2.85. The summed E-state index contributed by atoms with van der Waals surface area (Å²) in [5, 5.41) is 0. The molecular formula is C13H19BrO. The molecule has 1 aromatic carbocycles. The zero-order valence-corrected chi connectivity index (χ0v) is 11.3. The Bertz CT molecular complexity index is 281. The minimum Gasteiger partial charge on any atom is -0.497 e. The highest BCUT2D eigenvalue weighted by atomic mass is 79.9. The van der Waals surface area contributed by atoms with E-state index in [4.69, 9.17) is 4.74 Å². The Hall–Kier alpha value is -0.500. The van der Waals surface area contributed by atoms with Crippen LogP contribution in [0.5, 0.6) is 5.75 Å². The molecule has 2 unspecified atom stereocenters. The molecule has 0 aliphatic rings. The summed E-state index contributed by atoms with van der Waals surface area (Å²) < 4.78 is 5.13. The van der Waals surface area contributed by atoms with E-state index in [0.29, 0.717) is 10.7 Å². The zero-order chi connectivity index (χ0) is 11.3. The topological polar surface area (TPSA) is 9.23 Å². The van der Waals surface area contributed by atoms with Crippen molar-refractivity contribution in [2.24, 2.45) is 5.92 Å². The first-order valence-corrected chi connectivity index (χ1v) is 6.36. The van der Waals surface area contributed by atoms with E-state index >= 15 is 0 Å². The molecule has 0 aromatic heterocycles. The highest BCUT2D eigenvalue weighted by Gasteiger charge is 2.12. The van der Waals surface area contributed by atoms with Crippen LogP contribution in [0.3, 0.4) is 0 Å². The third-order valence-corrected chi connectivity index (χ3v) is 4.08. The Labute approximate surface area is 101 Å². The van der Waals surface area contributed by atoms with E-state index in [1.54, 1.807) is 7.11 Å². The van der Waals surface area contributed by atoms with E-state index in [-0.39, 0.29) is 0 Å². The van der Waals surface area contributed by atoms with Crippen LogP contribution >= 0.6 is 15.9 Å². The summed E-state index contributed by atoms with van der Waals surface area (Å²) in [5.74, 6) is 1.64. The smallest absolute Gasteiger partial charge is 0.118 e. The lowest BCUT2D eigenvalue weighted by atomic mass is 9.99. The second kappa shape index (κ2) is 6.16. The second-order valence-corrected chi connectivity index (χ2v) is 5.13. The molecule has 0 aliphatic carbocycles. The van der Waals surface area contributed by atoms with Gasteiger partial charge in [-0.15, -0.1) is 0 Å². The van der Waals surface area contributed by atoms with Crippen LogP contribution in [0.2, 0.25) is 0 Å². The minimum atomic E-state index is 0.566. The predicted octanol–water partition coefficient (Wildman–Crippen LogP) is 4.05. The van der Waals surface area contributed by atoms with Gasteiger partial charge in [-0.05, 0) is 30.0 Å². The van der Waals surface area contributed by atoms with Crippen molar-refractivity contribution in [3.8, 4) is 5.75 Å². The van der Waals surface area contributed by atoms with Gasteiger partial charge < -0.3 is 4.74 Å². The number of rotatable bonds is 5. The number of hydrogen-bond acceptors (Lipinski definition) is 1. The molecule has 0 N–H and O–H groups in total. The van der Waals surface area contributed by atoms with Crippen LogP contribution in [0.25, 0.3) is 0 Å².